The number of carbonyl (C=O) groups is 2. The van der Waals surface area contributed by atoms with Crippen LogP contribution in [0.5, 0.6) is 0 Å². The van der Waals surface area contributed by atoms with Crippen molar-refractivity contribution in [3.63, 3.8) is 0 Å². The summed E-state index contributed by atoms with van der Waals surface area (Å²) >= 11 is 0. The van der Waals surface area contributed by atoms with Crippen LogP contribution in [0.1, 0.15) is 40.3 Å². The Morgan fingerprint density at radius 1 is 1.15 bits per heavy atom. The number of hydrogen-bond donors (Lipinski definition) is 1. The number of nitrogens with one attached hydrogen (secondary N) is 1. The van der Waals surface area contributed by atoms with Crippen molar-refractivity contribution in [2.45, 2.75) is 39.7 Å². The van der Waals surface area contributed by atoms with Crippen molar-refractivity contribution in [1.82, 2.24) is 29.7 Å². The second-order valence-corrected chi connectivity index (χ2v) is 7.49. The highest BCUT2D eigenvalue weighted by Gasteiger charge is 2.37. The summed E-state index contributed by atoms with van der Waals surface area (Å²) in [5, 5.41) is 7.77. The highest BCUT2D eigenvalue weighted by Crippen LogP contribution is 2.21. The molecule has 1 N–H and O–H groups in total. The van der Waals surface area contributed by atoms with Crippen LogP contribution in [0.25, 0.3) is 5.65 Å². The normalized spacial score (nSPS) is 20.5. The molecule has 4 rings (SSSR count). The summed E-state index contributed by atoms with van der Waals surface area (Å²) in [5.74, 6) is -0.110. The summed E-state index contributed by atoms with van der Waals surface area (Å²) in [5.41, 5.74) is 3.50. The van der Waals surface area contributed by atoms with Gasteiger partial charge in [0.25, 0.3) is 5.91 Å². The Kier molecular flexibility index (Phi) is 4.59. The molecule has 0 saturated carbocycles. The maximum atomic E-state index is 13.5. The summed E-state index contributed by atoms with van der Waals surface area (Å²) in [7, 11) is 0. The Balaban J connectivity index is 1.71. The third-order valence-electron chi connectivity index (χ3n) is 5.49. The van der Waals surface area contributed by atoms with Crippen molar-refractivity contribution in [2.75, 3.05) is 32.7 Å². The van der Waals surface area contributed by atoms with Gasteiger partial charge in [-0.05, 0) is 39.7 Å². The van der Waals surface area contributed by atoms with Gasteiger partial charge in [0.15, 0.2) is 5.65 Å². The predicted octanol–water partition coefficient (Wildman–Crippen LogP) is 0.691. The van der Waals surface area contributed by atoms with Crippen molar-refractivity contribution in [2.24, 2.45) is 0 Å². The minimum atomic E-state index is -0.468. The van der Waals surface area contributed by atoms with Crippen LogP contribution < -0.4 is 5.32 Å². The van der Waals surface area contributed by atoms with Crippen LogP contribution in [0.3, 0.4) is 0 Å². The molecule has 2 saturated heterocycles. The van der Waals surface area contributed by atoms with Gasteiger partial charge in [-0.3, -0.25) is 9.59 Å². The van der Waals surface area contributed by atoms with Crippen LogP contribution in [0.2, 0.25) is 0 Å². The first kappa shape index (κ1) is 17.9. The molecule has 0 aliphatic carbocycles. The number of fused-ring (bicyclic) bond motifs is 1. The number of rotatable bonds is 2. The van der Waals surface area contributed by atoms with Gasteiger partial charge in [0.2, 0.25) is 5.91 Å². The lowest BCUT2D eigenvalue weighted by Gasteiger charge is -2.37. The van der Waals surface area contributed by atoms with Crippen molar-refractivity contribution in [3.8, 4) is 0 Å². The Morgan fingerprint density at radius 2 is 1.89 bits per heavy atom. The molecule has 2 aliphatic rings. The minimum Gasteiger partial charge on any atom is -0.341 e. The van der Waals surface area contributed by atoms with Gasteiger partial charge in [-0.1, -0.05) is 0 Å². The maximum absolute atomic E-state index is 13.5. The van der Waals surface area contributed by atoms with E-state index in [1.165, 1.54) is 0 Å². The van der Waals surface area contributed by atoms with E-state index in [0.29, 0.717) is 36.5 Å². The van der Waals surface area contributed by atoms with E-state index in [1.54, 1.807) is 9.42 Å². The monoisotopic (exact) mass is 370 g/mol. The molecule has 2 aromatic rings. The summed E-state index contributed by atoms with van der Waals surface area (Å²) in [4.78, 5) is 34.6. The first-order valence-electron chi connectivity index (χ1n) is 9.61. The Bertz CT molecular complexity index is 899. The molecule has 0 unspecified atom stereocenters. The summed E-state index contributed by atoms with van der Waals surface area (Å²) in [6.07, 6.45) is 2.07. The zero-order chi connectivity index (χ0) is 19.1. The number of aryl methyl sites for hydroxylation is 3. The summed E-state index contributed by atoms with van der Waals surface area (Å²) in [6.45, 7) is 8.94. The number of amides is 2. The predicted molar refractivity (Wildman–Crippen MR) is 101 cm³/mol. The fraction of sp³-hybridized carbons (Fsp3) is 0.579. The first-order chi connectivity index (χ1) is 13.0. The standard InChI is InChI=1S/C19H26N6O2/c1-12-10-13(2)25-17(21-12)16(14(3)22-25)19(27)24-9-6-20-11-15(24)18(26)23-7-4-5-8-23/h10,15,20H,4-9,11H2,1-3H3/t15-/m1/s1. The molecular weight excluding hydrogens is 344 g/mol. The third-order valence-corrected chi connectivity index (χ3v) is 5.49. The molecule has 8 nitrogen and oxygen atoms in total. The van der Waals surface area contributed by atoms with Crippen molar-refractivity contribution in [3.05, 3.63) is 28.7 Å². The van der Waals surface area contributed by atoms with Crippen LogP contribution in [-0.4, -0.2) is 75.0 Å². The number of nitrogens with zero attached hydrogens (tertiary/aromatic N) is 5. The average molecular weight is 370 g/mol. The molecule has 144 valence electrons. The zero-order valence-corrected chi connectivity index (χ0v) is 16.2. The van der Waals surface area contributed by atoms with E-state index < -0.39 is 6.04 Å². The molecule has 0 radical (unpaired) electrons. The van der Waals surface area contributed by atoms with Crippen molar-refractivity contribution in [1.29, 1.82) is 0 Å². The van der Waals surface area contributed by atoms with Gasteiger partial charge in [-0.25, -0.2) is 9.50 Å². The van der Waals surface area contributed by atoms with E-state index in [-0.39, 0.29) is 11.8 Å². The molecule has 2 fully saturated rings. The molecule has 0 spiro atoms. The molecule has 4 heterocycles. The highest BCUT2D eigenvalue weighted by atomic mass is 16.2. The van der Waals surface area contributed by atoms with Gasteiger partial charge in [0, 0.05) is 44.1 Å². The minimum absolute atomic E-state index is 0.0440. The lowest BCUT2D eigenvalue weighted by Crippen LogP contribution is -2.60. The van der Waals surface area contributed by atoms with Gasteiger partial charge in [-0.2, -0.15) is 5.10 Å². The third kappa shape index (κ3) is 3.07. The van der Waals surface area contributed by atoms with Gasteiger partial charge < -0.3 is 15.1 Å². The Morgan fingerprint density at radius 3 is 2.63 bits per heavy atom. The van der Waals surface area contributed by atoms with E-state index in [0.717, 1.165) is 37.3 Å². The zero-order valence-electron chi connectivity index (χ0n) is 16.2. The fourth-order valence-corrected chi connectivity index (χ4v) is 4.14. The Labute approximate surface area is 158 Å². The lowest BCUT2D eigenvalue weighted by atomic mass is 10.1. The molecule has 0 bridgehead atoms. The van der Waals surface area contributed by atoms with Crippen LogP contribution in [0.15, 0.2) is 6.07 Å². The fourth-order valence-electron chi connectivity index (χ4n) is 4.14. The van der Waals surface area contributed by atoms with E-state index in [4.69, 9.17) is 0 Å². The number of hydrogen-bond acceptors (Lipinski definition) is 5. The van der Waals surface area contributed by atoms with Crippen molar-refractivity contribution >= 4 is 17.5 Å². The number of piperazine rings is 1. The smallest absolute Gasteiger partial charge is 0.260 e. The largest absolute Gasteiger partial charge is 0.341 e. The van der Waals surface area contributed by atoms with Crippen LogP contribution in [0, 0.1) is 20.8 Å². The van der Waals surface area contributed by atoms with Gasteiger partial charge in [-0.15, -0.1) is 0 Å². The highest BCUT2D eigenvalue weighted by molar-refractivity contribution is 6.03. The van der Waals surface area contributed by atoms with Crippen LogP contribution in [-0.2, 0) is 4.79 Å². The summed E-state index contributed by atoms with van der Waals surface area (Å²) in [6, 6.07) is 1.47. The van der Waals surface area contributed by atoms with E-state index in [9.17, 15) is 9.59 Å². The van der Waals surface area contributed by atoms with E-state index in [1.807, 2.05) is 31.7 Å². The average Bonchev–Trinajstić information content (AvgIpc) is 3.28. The van der Waals surface area contributed by atoms with Crippen molar-refractivity contribution < 1.29 is 9.59 Å². The Hall–Kier alpha value is -2.48. The molecule has 8 heteroatoms. The number of aromatic nitrogens is 3. The quantitative estimate of drug-likeness (QED) is 0.841. The maximum Gasteiger partial charge on any atom is 0.260 e. The van der Waals surface area contributed by atoms with E-state index in [2.05, 4.69) is 15.4 Å². The SMILES string of the molecule is Cc1cc(C)n2nc(C)c(C(=O)N3CCNC[C@@H]3C(=O)N3CCCC3)c2n1. The van der Waals surface area contributed by atoms with Crippen LogP contribution >= 0.6 is 0 Å². The number of likely N-dealkylation sites (tertiary alicyclic amines) is 1. The van der Waals surface area contributed by atoms with Gasteiger partial charge in [0.05, 0.1) is 5.69 Å². The summed E-state index contributed by atoms with van der Waals surface area (Å²) < 4.78 is 1.72. The van der Waals surface area contributed by atoms with Gasteiger partial charge in [0.1, 0.15) is 11.6 Å². The first-order valence-corrected chi connectivity index (χ1v) is 9.61. The van der Waals surface area contributed by atoms with E-state index >= 15 is 0 Å². The second kappa shape index (κ2) is 6.92. The topological polar surface area (TPSA) is 82.8 Å². The number of carbonyl (C=O) groups excluding carboxylic acids is 2. The molecule has 0 aromatic carbocycles. The van der Waals surface area contributed by atoms with Gasteiger partial charge >= 0.3 is 0 Å². The molecule has 2 amide bonds. The molecule has 2 aromatic heterocycles. The molecular formula is C19H26N6O2. The molecule has 27 heavy (non-hydrogen) atoms. The molecule has 2 aliphatic heterocycles. The molecule has 1 atom stereocenters. The second-order valence-electron chi connectivity index (χ2n) is 7.49. The van der Waals surface area contributed by atoms with Crippen LogP contribution in [0.4, 0.5) is 0 Å². The lowest BCUT2D eigenvalue weighted by molar-refractivity contribution is -0.135.